The average molecular weight is 254 g/mol. The van der Waals surface area contributed by atoms with E-state index in [2.05, 4.69) is 52.2 Å². The van der Waals surface area contributed by atoms with Crippen molar-refractivity contribution in [2.75, 3.05) is 7.05 Å². The van der Waals surface area contributed by atoms with Gasteiger partial charge in [0.15, 0.2) is 0 Å². The number of aromatic nitrogens is 1. The Kier molecular flexibility index (Phi) is 4.37. The van der Waals surface area contributed by atoms with Crippen LogP contribution in [0.15, 0.2) is 5.38 Å². The third kappa shape index (κ3) is 3.52. The van der Waals surface area contributed by atoms with Gasteiger partial charge in [-0.25, -0.2) is 4.98 Å². The third-order valence-electron chi connectivity index (χ3n) is 3.11. The molecule has 0 saturated carbocycles. The lowest BCUT2D eigenvalue weighted by Crippen LogP contribution is -2.38. The Labute approximate surface area is 110 Å². The van der Waals surface area contributed by atoms with Gasteiger partial charge in [0.05, 0.1) is 11.2 Å². The predicted octanol–water partition coefficient (Wildman–Crippen LogP) is 3.92. The summed E-state index contributed by atoms with van der Waals surface area (Å²) in [5.41, 5.74) is 1.34. The number of nitrogens with zero attached hydrogens (tertiary/aromatic N) is 1. The Morgan fingerprint density at radius 2 is 1.88 bits per heavy atom. The summed E-state index contributed by atoms with van der Waals surface area (Å²) in [6.45, 7) is 13.4. The van der Waals surface area contributed by atoms with Gasteiger partial charge in [-0.2, -0.15) is 0 Å². The molecule has 0 spiro atoms. The Balaban J connectivity index is 3.01. The second-order valence-corrected chi connectivity index (χ2v) is 7.33. The van der Waals surface area contributed by atoms with Crippen LogP contribution in [0.4, 0.5) is 0 Å². The molecule has 0 aliphatic rings. The molecule has 3 heteroatoms. The summed E-state index contributed by atoms with van der Waals surface area (Å²) < 4.78 is 0. The largest absolute Gasteiger partial charge is 0.309 e. The van der Waals surface area contributed by atoms with E-state index in [1.807, 2.05) is 7.05 Å². The first-order valence-corrected chi connectivity index (χ1v) is 7.22. The first-order valence-electron chi connectivity index (χ1n) is 6.34. The quantitative estimate of drug-likeness (QED) is 0.881. The molecule has 1 atom stereocenters. The van der Waals surface area contributed by atoms with Crippen LogP contribution in [-0.2, 0) is 11.0 Å². The van der Waals surface area contributed by atoms with Gasteiger partial charge in [0.2, 0.25) is 0 Å². The fourth-order valence-electron chi connectivity index (χ4n) is 1.98. The van der Waals surface area contributed by atoms with Crippen LogP contribution in [-0.4, -0.2) is 12.0 Å². The van der Waals surface area contributed by atoms with Crippen LogP contribution < -0.4 is 5.32 Å². The molecule has 98 valence electrons. The maximum atomic E-state index is 4.83. The predicted molar refractivity (Wildman–Crippen MR) is 76.7 cm³/mol. The Morgan fingerprint density at radius 3 is 2.24 bits per heavy atom. The molecule has 0 fully saturated rings. The number of hydrogen-bond donors (Lipinski definition) is 1. The highest BCUT2D eigenvalue weighted by atomic mass is 32.1. The molecule has 1 rings (SSSR count). The van der Waals surface area contributed by atoms with E-state index in [1.165, 1.54) is 10.7 Å². The number of rotatable bonds is 4. The van der Waals surface area contributed by atoms with E-state index in [4.69, 9.17) is 4.98 Å². The van der Waals surface area contributed by atoms with Crippen molar-refractivity contribution >= 4 is 11.3 Å². The summed E-state index contributed by atoms with van der Waals surface area (Å²) >= 11 is 1.78. The molecule has 0 aliphatic carbocycles. The summed E-state index contributed by atoms with van der Waals surface area (Å²) in [7, 11) is 2.03. The van der Waals surface area contributed by atoms with Crippen molar-refractivity contribution in [2.24, 2.45) is 5.92 Å². The molecule has 1 unspecified atom stereocenters. The smallest absolute Gasteiger partial charge is 0.113 e. The maximum Gasteiger partial charge on any atom is 0.113 e. The SMILES string of the molecule is CNC(C)(CC(C)C)c1nc(C(C)(C)C)cs1. The lowest BCUT2D eigenvalue weighted by atomic mass is 9.90. The van der Waals surface area contributed by atoms with Crippen LogP contribution in [0.5, 0.6) is 0 Å². The minimum absolute atomic E-state index is 0.00231. The Bertz CT molecular complexity index is 363. The zero-order valence-corrected chi connectivity index (χ0v) is 13.0. The Morgan fingerprint density at radius 1 is 1.29 bits per heavy atom. The first-order chi connectivity index (χ1) is 7.69. The van der Waals surface area contributed by atoms with Crippen LogP contribution in [0.25, 0.3) is 0 Å². The Hall–Kier alpha value is -0.410. The van der Waals surface area contributed by atoms with E-state index in [9.17, 15) is 0 Å². The number of thiazole rings is 1. The van der Waals surface area contributed by atoms with Gasteiger partial charge in [-0.3, -0.25) is 0 Å². The monoisotopic (exact) mass is 254 g/mol. The van der Waals surface area contributed by atoms with Crippen molar-refractivity contribution < 1.29 is 0 Å². The van der Waals surface area contributed by atoms with E-state index in [1.54, 1.807) is 11.3 Å². The zero-order chi connectivity index (χ0) is 13.3. The molecule has 17 heavy (non-hydrogen) atoms. The molecule has 1 N–H and O–H groups in total. The molecule has 1 heterocycles. The van der Waals surface area contributed by atoms with Crippen LogP contribution >= 0.6 is 11.3 Å². The van der Waals surface area contributed by atoms with Crippen LogP contribution in [0.1, 0.15) is 58.7 Å². The third-order valence-corrected chi connectivity index (χ3v) is 4.22. The van der Waals surface area contributed by atoms with Crippen LogP contribution in [0, 0.1) is 5.92 Å². The zero-order valence-electron chi connectivity index (χ0n) is 12.2. The molecule has 1 aromatic heterocycles. The van der Waals surface area contributed by atoms with Gasteiger partial charge < -0.3 is 5.32 Å². The minimum Gasteiger partial charge on any atom is -0.309 e. The fraction of sp³-hybridized carbons (Fsp3) is 0.786. The van der Waals surface area contributed by atoms with Crippen LogP contribution in [0.3, 0.4) is 0 Å². The van der Waals surface area contributed by atoms with Crippen molar-refractivity contribution in [3.63, 3.8) is 0 Å². The minimum atomic E-state index is 0.00231. The van der Waals surface area contributed by atoms with Crippen molar-refractivity contribution in [1.29, 1.82) is 0 Å². The van der Waals surface area contributed by atoms with Gasteiger partial charge in [-0.1, -0.05) is 34.6 Å². The second-order valence-electron chi connectivity index (χ2n) is 6.47. The lowest BCUT2D eigenvalue weighted by molar-refractivity contribution is 0.317. The first kappa shape index (κ1) is 14.7. The highest BCUT2D eigenvalue weighted by molar-refractivity contribution is 7.09. The van der Waals surface area contributed by atoms with Gasteiger partial charge in [0.25, 0.3) is 0 Å². The topological polar surface area (TPSA) is 24.9 Å². The molecule has 2 nitrogen and oxygen atoms in total. The van der Waals surface area contributed by atoms with Crippen molar-refractivity contribution in [3.05, 3.63) is 16.1 Å². The molecule has 0 aromatic carbocycles. The molecular formula is C14H26N2S. The number of hydrogen-bond acceptors (Lipinski definition) is 3. The van der Waals surface area contributed by atoms with E-state index in [0.717, 1.165) is 6.42 Å². The molecule has 0 radical (unpaired) electrons. The highest BCUT2D eigenvalue weighted by Gasteiger charge is 2.30. The normalized spacial score (nSPS) is 16.2. The molecule has 0 bridgehead atoms. The summed E-state index contributed by atoms with van der Waals surface area (Å²) in [6.07, 6.45) is 1.11. The van der Waals surface area contributed by atoms with Gasteiger partial charge >= 0.3 is 0 Å². The number of nitrogens with one attached hydrogen (secondary N) is 1. The average Bonchev–Trinajstić information content (AvgIpc) is 2.64. The second kappa shape index (κ2) is 5.07. The summed E-state index contributed by atoms with van der Waals surface area (Å²) in [6, 6.07) is 0. The summed E-state index contributed by atoms with van der Waals surface area (Å²) in [5, 5.41) is 6.85. The maximum absolute atomic E-state index is 4.83. The molecule has 0 saturated heterocycles. The molecule has 0 amide bonds. The standard InChI is InChI=1S/C14H26N2S/c1-10(2)8-14(6,15-7)12-16-11(9-17-12)13(3,4)5/h9-10,15H,8H2,1-7H3. The van der Waals surface area contributed by atoms with Crippen LogP contribution in [0.2, 0.25) is 0 Å². The molecular weight excluding hydrogens is 228 g/mol. The molecule has 0 aliphatic heterocycles. The lowest BCUT2D eigenvalue weighted by Gasteiger charge is -2.29. The van der Waals surface area contributed by atoms with Gasteiger partial charge in [-0.15, -0.1) is 11.3 Å². The van der Waals surface area contributed by atoms with E-state index >= 15 is 0 Å². The highest BCUT2D eigenvalue weighted by Crippen LogP contribution is 2.33. The van der Waals surface area contributed by atoms with Crippen molar-refractivity contribution in [3.8, 4) is 0 Å². The molecule has 1 aromatic rings. The van der Waals surface area contributed by atoms with E-state index < -0.39 is 0 Å². The van der Waals surface area contributed by atoms with Gasteiger partial charge in [-0.05, 0) is 26.3 Å². The van der Waals surface area contributed by atoms with Gasteiger partial charge in [0.1, 0.15) is 5.01 Å². The van der Waals surface area contributed by atoms with E-state index in [0.29, 0.717) is 5.92 Å². The van der Waals surface area contributed by atoms with E-state index in [-0.39, 0.29) is 11.0 Å². The van der Waals surface area contributed by atoms with Gasteiger partial charge in [0, 0.05) is 10.8 Å². The summed E-state index contributed by atoms with van der Waals surface area (Å²) in [5.74, 6) is 0.662. The van der Waals surface area contributed by atoms with Crippen molar-refractivity contribution in [1.82, 2.24) is 10.3 Å². The summed E-state index contributed by atoms with van der Waals surface area (Å²) in [4.78, 5) is 4.83. The fourth-order valence-corrected chi connectivity index (χ4v) is 3.21. The van der Waals surface area contributed by atoms with Crippen molar-refractivity contribution in [2.45, 2.75) is 58.9 Å².